The zero-order chi connectivity index (χ0) is 13.1. The highest BCUT2D eigenvalue weighted by molar-refractivity contribution is 9.11. The molecule has 1 unspecified atom stereocenters. The van der Waals surface area contributed by atoms with Crippen molar-refractivity contribution in [1.29, 1.82) is 0 Å². The van der Waals surface area contributed by atoms with Crippen LogP contribution in [0, 0.1) is 6.92 Å². The molecular formula is C14H16BrNOS. The number of phenolic OH excluding ortho intramolecular Hbond substituents is 1. The average Bonchev–Trinajstić information content (AvgIpc) is 2.72. The molecule has 1 aromatic carbocycles. The highest BCUT2D eigenvalue weighted by Crippen LogP contribution is 2.26. The molecule has 18 heavy (non-hydrogen) atoms. The number of rotatable bonds is 4. The molecule has 2 rings (SSSR count). The van der Waals surface area contributed by atoms with E-state index in [0.717, 1.165) is 21.5 Å². The summed E-state index contributed by atoms with van der Waals surface area (Å²) in [5, 5.41) is 13.3. The highest BCUT2D eigenvalue weighted by Gasteiger charge is 2.10. The quantitative estimate of drug-likeness (QED) is 0.874. The van der Waals surface area contributed by atoms with Crippen molar-refractivity contribution in [2.75, 3.05) is 0 Å². The average molecular weight is 326 g/mol. The van der Waals surface area contributed by atoms with E-state index in [9.17, 15) is 5.11 Å². The number of aromatic hydroxyl groups is 1. The van der Waals surface area contributed by atoms with Crippen molar-refractivity contribution in [3.8, 4) is 5.75 Å². The maximum absolute atomic E-state index is 9.92. The molecule has 0 aliphatic heterocycles. The molecule has 2 N–H and O–H groups in total. The van der Waals surface area contributed by atoms with E-state index in [0.29, 0.717) is 5.75 Å². The van der Waals surface area contributed by atoms with Crippen LogP contribution in [0.2, 0.25) is 0 Å². The number of phenols is 1. The summed E-state index contributed by atoms with van der Waals surface area (Å²) in [7, 11) is 0. The molecule has 2 aromatic rings. The van der Waals surface area contributed by atoms with Gasteiger partial charge in [0.05, 0.1) is 3.79 Å². The molecule has 1 atom stereocenters. The van der Waals surface area contributed by atoms with Crippen molar-refractivity contribution in [3.63, 3.8) is 0 Å². The van der Waals surface area contributed by atoms with Gasteiger partial charge in [0, 0.05) is 23.0 Å². The Morgan fingerprint density at radius 2 is 2.11 bits per heavy atom. The number of thiophene rings is 1. The van der Waals surface area contributed by atoms with Gasteiger partial charge < -0.3 is 10.4 Å². The summed E-state index contributed by atoms with van der Waals surface area (Å²) in [6.45, 7) is 4.85. The van der Waals surface area contributed by atoms with Gasteiger partial charge in [0.25, 0.3) is 0 Å². The Morgan fingerprint density at radius 3 is 2.72 bits per heavy atom. The maximum Gasteiger partial charge on any atom is 0.120 e. The molecule has 2 nitrogen and oxygen atoms in total. The molecule has 0 amide bonds. The minimum Gasteiger partial charge on any atom is -0.508 e. The van der Waals surface area contributed by atoms with Gasteiger partial charge in [0.1, 0.15) is 5.75 Å². The van der Waals surface area contributed by atoms with Crippen LogP contribution in [0.25, 0.3) is 0 Å². The van der Waals surface area contributed by atoms with E-state index in [2.05, 4.69) is 40.3 Å². The van der Waals surface area contributed by atoms with Crippen LogP contribution in [0.3, 0.4) is 0 Å². The van der Waals surface area contributed by atoms with Crippen LogP contribution in [0.4, 0.5) is 0 Å². The number of hydrogen-bond acceptors (Lipinski definition) is 3. The molecule has 4 heteroatoms. The van der Waals surface area contributed by atoms with Crippen molar-refractivity contribution >= 4 is 27.3 Å². The second kappa shape index (κ2) is 5.87. The molecule has 0 aliphatic carbocycles. The van der Waals surface area contributed by atoms with E-state index in [1.165, 1.54) is 4.88 Å². The molecule has 0 spiro atoms. The number of aryl methyl sites for hydroxylation is 1. The molecule has 1 heterocycles. The summed E-state index contributed by atoms with van der Waals surface area (Å²) < 4.78 is 1.14. The van der Waals surface area contributed by atoms with Gasteiger partial charge in [-0.15, -0.1) is 11.3 Å². The molecule has 0 fully saturated rings. The van der Waals surface area contributed by atoms with Crippen molar-refractivity contribution in [1.82, 2.24) is 5.32 Å². The summed E-state index contributed by atoms with van der Waals surface area (Å²) in [6, 6.07) is 10.1. The Bertz CT molecular complexity index is 538. The molecule has 0 saturated carbocycles. The van der Waals surface area contributed by atoms with Crippen LogP contribution >= 0.6 is 27.3 Å². The van der Waals surface area contributed by atoms with Crippen molar-refractivity contribution < 1.29 is 5.11 Å². The normalized spacial score (nSPS) is 12.6. The first-order valence-electron chi connectivity index (χ1n) is 5.83. The fourth-order valence-electron chi connectivity index (χ4n) is 1.83. The maximum atomic E-state index is 9.92. The Morgan fingerprint density at radius 1 is 1.33 bits per heavy atom. The topological polar surface area (TPSA) is 32.3 Å². The van der Waals surface area contributed by atoms with Gasteiger partial charge in [0.15, 0.2) is 0 Å². The molecule has 0 saturated heterocycles. The highest BCUT2D eigenvalue weighted by atomic mass is 79.9. The van der Waals surface area contributed by atoms with Gasteiger partial charge in [-0.25, -0.2) is 0 Å². The standard InChI is InChI=1S/C14H16BrNOS/c1-9-3-5-12(13(17)7-9)10(2)16-8-11-4-6-14(15)18-11/h3-7,10,16-17H,8H2,1-2H3. The van der Waals surface area contributed by atoms with E-state index in [4.69, 9.17) is 0 Å². The van der Waals surface area contributed by atoms with Crippen molar-refractivity contribution in [2.24, 2.45) is 0 Å². The van der Waals surface area contributed by atoms with Crippen LogP contribution in [-0.4, -0.2) is 5.11 Å². The van der Waals surface area contributed by atoms with Crippen LogP contribution in [0.5, 0.6) is 5.75 Å². The van der Waals surface area contributed by atoms with E-state index in [1.807, 2.05) is 19.1 Å². The number of benzene rings is 1. The van der Waals surface area contributed by atoms with Gasteiger partial charge in [-0.05, 0) is 53.5 Å². The summed E-state index contributed by atoms with van der Waals surface area (Å²) in [5.74, 6) is 0.363. The van der Waals surface area contributed by atoms with Gasteiger partial charge in [0.2, 0.25) is 0 Å². The Kier molecular flexibility index (Phi) is 4.43. The predicted octanol–water partition coefficient (Wildman–Crippen LogP) is 4.38. The smallest absolute Gasteiger partial charge is 0.120 e. The first kappa shape index (κ1) is 13.6. The molecule has 0 radical (unpaired) electrons. The van der Waals surface area contributed by atoms with Crippen molar-refractivity contribution in [2.45, 2.75) is 26.4 Å². The largest absolute Gasteiger partial charge is 0.508 e. The third kappa shape index (κ3) is 3.34. The van der Waals surface area contributed by atoms with E-state index >= 15 is 0 Å². The lowest BCUT2D eigenvalue weighted by Crippen LogP contribution is -2.17. The zero-order valence-electron chi connectivity index (χ0n) is 10.4. The van der Waals surface area contributed by atoms with Gasteiger partial charge in [-0.2, -0.15) is 0 Å². The first-order valence-corrected chi connectivity index (χ1v) is 7.44. The minimum atomic E-state index is 0.131. The molecule has 0 aliphatic rings. The van der Waals surface area contributed by atoms with Crippen LogP contribution in [0.15, 0.2) is 34.1 Å². The van der Waals surface area contributed by atoms with E-state index in [1.54, 1.807) is 17.4 Å². The monoisotopic (exact) mass is 325 g/mol. The van der Waals surface area contributed by atoms with Gasteiger partial charge in [-0.1, -0.05) is 12.1 Å². The van der Waals surface area contributed by atoms with Crippen LogP contribution in [-0.2, 0) is 6.54 Å². The summed E-state index contributed by atoms with van der Waals surface area (Å²) in [6.07, 6.45) is 0. The van der Waals surface area contributed by atoms with Gasteiger partial charge >= 0.3 is 0 Å². The van der Waals surface area contributed by atoms with E-state index < -0.39 is 0 Å². The fourth-order valence-corrected chi connectivity index (χ4v) is 3.26. The Balaban J connectivity index is 2.01. The minimum absolute atomic E-state index is 0.131. The second-order valence-corrected chi connectivity index (χ2v) is 6.92. The fraction of sp³-hybridized carbons (Fsp3) is 0.286. The molecule has 0 bridgehead atoms. The molecule has 1 aromatic heterocycles. The molecular weight excluding hydrogens is 310 g/mol. The summed E-state index contributed by atoms with van der Waals surface area (Å²) in [5.41, 5.74) is 2.02. The van der Waals surface area contributed by atoms with E-state index in [-0.39, 0.29) is 6.04 Å². The lowest BCUT2D eigenvalue weighted by molar-refractivity contribution is 0.452. The zero-order valence-corrected chi connectivity index (χ0v) is 12.8. The summed E-state index contributed by atoms with van der Waals surface area (Å²) >= 11 is 5.18. The SMILES string of the molecule is Cc1ccc(C(C)NCc2ccc(Br)s2)c(O)c1. The van der Waals surface area contributed by atoms with Crippen LogP contribution < -0.4 is 5.32 Å². The Hall–Kier alpha value is -0.840. The lowest BCUT2D eigenvalue weighted by Gasteiger charge is -2.15. The number of hydrogen-bond donors (Lipinski definition) is 2. The van der Waals surface area contributed by atoms with Crippen molar-refractivity contribution in [3.05, 3.63) is 50.1 Å². The Labute approximate surface area is 120 Å². The van der Waals surface area contributed by atoms with Crippen LogP contribution in [0.1, 0.15) is 29.0 Å². The van der Waals surface area contributed by atoms with Gasteiger partial charge in [-0.3, -0.25) is 0 Å². The molecule has 96 valence electrons. The number of nitrogens with one attached hydrogen (secondary N) is 1. The first-order chi connectivity index (χ1) is 8.56. The summed E-state index contributed by atoms with van der Waals surface area (Å²) in [4.78, 5) is 1.28. The second-order valence-electron chi connectivity index (χ2n) is 4.37. The number of halogens is 1. The predicted molar refractivity (Wildman–Crippen MR) is 80.1 cm³/mol. The third-order valence-electron chi connectivity index (χ3n) is 2.86. The lowest BCUT2D eigenvalue weighted by atomic mass is 10.1. The third-order valence-corrected chi connectivity index (χ3v) is 4.49.